The van der Waals surface area contributed by atoms with Crippen LogP contribution >= 0.6 is 12.2 Å². The van der Waals surface area contributed by atoms with E-state index in [0.29, 0.717) is 6.04 Å². The SMILES string of the molecule is CCCC1CC1n1c(CC)n[nH]c1=S. The fourth-order valence-corrected chi connectivity index (χ4v) is 2.44. The molecule has 0 radical (unpaired) electrons. The summed E-state index contributed by atoms with van der Waals surface area (Å²) in [4.78, 5) is 0. The average molecular weight is 211 g/mol. The van der Waals surface area contributed by atoms with Crippen molar-refractivity contribution in [3.05, 3.63) is 10.6 Å². The maximum absolute atomic E-state index is 5.24. The molecule has 0 spiro atoms. The van der Waals surface area contributed by atoms with Gasteiger partial charge in [0.15, 0.2) is 4.77 Å². The van der Waals surface area contributed by atoms with Crippen molar-refractivity contribution in [2.24, 2.45) is 5.92 Å². The molecule has 3 nitrogen and oxygen atoms in total. The highest BCUT2D eigenvalue weighted by atomic mass is 32.1. The summed E-state index contributed by atoms with van der Waals surface area (Å²) in [5.41, 5.74) is 0. The number of aromatic amines is 1. The Morgan fingerprint density at radius 3 is 3.00 bits per heavy atom. The normalized spacial score (nSPS) is 25.3. The predicted molar refractivity (Wildman–Crippen MR) is 58.8 cm³/mol. The van der Waals surface area contributed by atoms with Crippen LogP contribution in [-0.2, 0) is 6.42 Å². The number of rotatable bonds is 4. The van der Waals surface area contributed by atoms with E-state index in [1.165, 1.54) is 19.3 Å². The number of hydrogen-bond donors (Lipinski definition) is 1. The molecule has 2 rings (SSSR count). The Morgan fingerprint density at radius 2 is 2.36 bits per heavy atom. The van der Waals surface area contributed by atoms with E-state index in [1.807, 2.05) is 0 Å². The van der Waals surface area contributed by atoms with Crippen LogP contribution in [-0.4, -0.2) is 14.8 Å². The number of aryl methyl sites for hydroxylation is 1. The second-order valence-electron chi connectivity index (χ2n) is 4.02. The third kappa shape index (κ3) is 1.63. The van der Waals surface area contributed by atoms with Crippen LogP contribution in [0.2, 0.25) is 0 Å². The minimum atomic E-state index is 0.635. The first kappa shape index (κ1) is 9.90. The molecule has 1 aliphatic rings. The van der Waals surface area contributed by atoms with E-state index >= 15 is 0 Å². The van der Waals surface area contributed by atoms with Gasteiger partial charge >= 0.3 is 0 Å². The molecule has 1 N–H and O–H groups in total. The number of nitrogens with zero attached hydrogens (tertiary/aromatic N) is 2. The Bertz CT molecular complexity index is 366. The van der Waals surface area contributed by atoms with E-state index in [4.69, 9.17) is 12.2 Å². The summed E-state index contributed by atoms with van der Waals surface area (Å²) in [7, 11) is 0. The van der Waals surface area contributed by atoms with Gasteiger partial charge < -0.3 is 4.57 Å². The standard InChI is InChI=1S/C10H17N3S/c1-3-5-7-6-8(7)13-9(4-2)11-12-10(13)14/h7-8H,3-6H2,1-2H3,(H,12,14). The molecule has 0 aromatic carbocycles. The van der Waals surface area contributed by atoms with E-state index in [9.17, 15) is 0 Å². The first-order chi connectivity index (χ1) is 6.77. The predicted octanol–water partition coefficient (Wildman–Crippen LogP) is 2.86. The van der Waals surface area contributed by atoms with Gasteiger partial charge in [0.1, 0.15) is 5.82 Å². The van der Waals surface area contributed by atoms with Crippen molar-refractivity contribution in [1.29, 1.82) is 0 Å². The van der Waals surface area contributed by atoms with Crippen molar-refractivity contribution in [1.82, 2.24) is 14.8 Å². The van der Waals surface area contributed by atoms with Crippen molar-refractivity contribution in [2.75, 3.05) is 0 Å². The zero-order chi connectivity index (χ0) is 10.1. The molecule has 2 atom stereocenters. The lowest BCUT2D eigenvalue weighted by molar-refractivity contribution is 0.584. The maximum atomic E-state index is 5.24. The van der Waals surface area contributed by atoms with Crippen LogP contribution in [0.15, 0.2) is 0 Å². The molecular weight excluding hydrogens is 194 g/mol. The monoisotopic (exact) mass is 211 g/mol. The van der Waals surface area contributed by atoms with Gasteiger partial charge in [-0.2, -0.15) is 5.10 Å². The van der Waals surface area contributed by atoms with Gasteiger partial charge in [0.25, 0.3) is 0 Å². The van der Waals surface area contributed by atoms with Crippen LogP contribution in [0.25, 0.3) is 0 Å². The first-order valence-corrected chi connectivity index (χ1v) is 5.84. The Hall–Kier alpha value is -0.640. The molecule has 14 heavy (non-hydrogen) atoms. The van der Waals surface area contributed by atoms with Crippen molar-refractivity contribution in [3.63, 3.8) is 0 Å². The number of aromatic nitrogens is 3. The molecular formula is C10H17N3S. The molecule has 1 saturated carbocycles. The number of nitrogens with one attached hydrogen (secondary N) is 1. The lowest BCUT2D eigenvalue weighted by Crippen LogP contribution is -2.02. The Morgan fingerprint density at radius 1 is 1.57 bits per heavy atom. The third-order valence-corrected chi connectivity index (χ3v) is 3.26. The van der Waals surface area contributed by atoms with Crippen LogP contribution in [0.1, 0.15) is 45.0 Å². The minimum absolute atomic E-state index is 0.635. The highest BCUT2D eigenvalue weighted by Gasteiger charge is 2.39. The lowest BCUT2D eigenvalue weighted by Gasteiger charge is -2.03. The molecule has 0 saturated heterocycles. The van der Waals surface area contributed by atoms with Crippen LogP contribution in [0.5, 0.6) is 0 Å². The van der Waals surface area contributed by atoms with Crippen LogP contribution < -0.4 is 0 Å². The van der Waals surface area contributed by atoms with E-state index < -0.39 is 0 Å². The number of H-pyrrole nitrogens is 1. The molecule has 1 aliphatic carbocycles. The summed E-state index contributed by atoms with van der Waals surface area (Å²) in [5.74, 6) is 1.95. The fraction of sp³-hybridized carbons (Fsp3) is 0.800. The molecule has 1 heterocycles. The topological polar surface area (TPSA) is 33.6 Å². The highest BCUT2D eigenvalue weighted by Crippen LogP contribution is 2.46. The van der Waals surface area contributed by atoms with Gasteiger partial charge in [-0.25, -0.2) is 0 Å². The molecule has 0 aliphatic heterocycles. The van der Waals surface area contributed by atoms with Crippen LogP contribution in [0.4, 0.5) is 0 Å². The summed E-state index contributed by atoms with van der Waals surface area (Å²) < 4.78 is 3.01. The van der Waals surface area contributed by atoms with Gasteiger partial charge in [-0.15, -0.1) is 0 Å². The molecule has 1 fully saturated rings. The van der Waals surface area contributed by atoms with Gasteiger partial charge in [-0.1, -0.05) is 20.3 Å². The molecule has 78 valence electrons. The molecule has 0 bridgehead atoms. The first-order valence-electron chi connectivity index (χ1n) is 5.43. The summed E-state index contributed by atoms with van der Waals surface area (Å²) in [6.07, 6.45) is 4.84. The van der Waals surface area contributed by atoms with Gasteiger partial charge in [0.05, 0.1) is 0 Å². The van der Waals surface area contributed by atoms with Gasteiger partial charge in [-0.05, 0) is 31.0 Å². The van der Waals surface area contributed by atoms with Crippen molar-refractivity contribution < 1.29 is 0 Å². The largest absolute Gasteiger partial charge is 0.301 e. The molecule has 4 heteroatoms. The van der Waals surface area contributed by atoms with Gasteiger partial charge in [0.2, 0.25) is 0 Å². The van der Waals surface area contributed by atoms with Crippen LogP contribution in [0.3, 0.4) is 0 Å². The van der Waals surface area contributed by atoms with E-state index in [2.05, 4.69) is 28.6 Å². The Balaban J connectivity index is 2.17. The fourth-order valence-electron chi connectivity index (χ4n) is 2.16. The third-order valence-electron chi connectivity index (χ3n) is 2.97. The van der Waals surface area contributed by atoms with Gasteiger partial charge in [0, 0.05) is 12.5 Å². The molecule has 1 aromatic rings. The average Bonchev–Trinajstić information content (AvgIpc) is 2.82. The second kappa shape index (κ2) is 3.85. The van der Waals surface area contributed by atoms with E-state index in [0.717, 1.165) is 22.9 Å². The quantitative estimate of drug-likeness (QED) is 0.777. The zero-order valence-electron chi connectivity index (χ0n) is 8.79. The second-order valence-corrected chi connectivity index (χ2v) is 4.41. The minimum Gasteiger partial charge on any atom is -0.301 e. The van der Waals surface area contributed by atoms with Crippen molar-refractivity contribution >= 4 is 12.2 Å². The van der Waals surface area contributed by atoms with E-state index in [-0.39, 0.29) is 0 Å². The summed E-state index contributed by atoms with van der Waals surface area (Å²) in [5, 5.41) is 7.12. The highest BCUT2D eigenvalue weighted by molar-refractivity contribution is 7.71. The van der Waals surface area contributed by atoms with Crippen molar-refractivity contribution in [2.45, 2.75) is 45.6 Å². The van der Waals surface area contributed by atoms with Crippen molar-refractivity contribution in [3.8, 4) is 0 Å². The Labute approximate surface area is 89.5 Å². The molecule has 1 aromatic heterocycles. The van der Waals surface area contributed by atoms with E-state index in [1.54, 1.807) is 0 Å². The summed E-state index contributed by atoms with van der Waals surface area (Å²) in [6, 6.07) is 0.635. The van der Waals surface area contributed by atoms with Crippen LogP contribution in [0, 0.1) is 10.7 Å². The molecule has 0 amide bonds. The zero-order valence-corrected chi connectivity index (χ0v) is 9.60. The maximum Gasteiger partial charge on any atom is 0.195 e. The summed E-state index contributed by atoms with van der Waals surface area (Å²) in [6.45, 7) is 4.36. The summed E-state index contributed by atoms with van der Waals surface area (Å²) >= 11 is 5.24. The van der Waals surface area contributed by atoms with Gasteiger partial charge in [-0.3, -0.25) is 5.10 Å². The number of hydrogen-bond acceptors (Lipinski definition) is 2. The molecule has 2 unspecified atom stereocenters. The lowest BCUT2D eigenvalue weighted by atomic mass is 10.2. The smallest absolute Gasteiger partial charge is 0.195 e. The Kier molecular flexibility index (Phi) is 2.72.